The molecule has 0 aromatic heterocycles. The number of piperidine rings is 1. The zero-order valence-electron chi connectivity index (χ0n) is 11.4. The van der Waals surface area contributed by atoms with E-state index in [1.54, 1.807) is 0 Å². The number of rotatable bonds is 2. The lowest BCUT2D eigenvalue weighted by Gasteiger charge is -2.36. The lowest BCUT2D eigenvalue weighted by Crippen LogP contribution is -2.47. The SMILES string of the molecule is CC[N+]1(C)CCCCC1.O=C1CC[C@@H](C(=O)[O-])N1. The second-order valence-electron chi connectivity index (χ2n) is 5.42. The van der Waals surface area contributed by atoms with Crippen molar-refractivity contribution in [3.05, 3.63) is 0 Å². The Kier molecular flexibility index (Phi) is 5.59. The summed E-state index contributed by atoms with van der Waals surface area (Å²) in [7, 11) is 2.37. The fourth-order valence-corrected chi connectivity index (χ4v) is 2.38. The maximum atomic E-state index is 10.4. The molecule has 1 amide bonds. The number of hydrogen-bond donors (Lipinski definition) is 1. The number of nitrogens with zero attached hydrogens (tertiary/aromatic N) is 1. The first-order chi connectivity index (χ1) is 8.47. The minimum absolute atomic E-state index is 0.204. The molecule has 5 heteroatoms. The van der Waals surface area contributed by atoms with Crippen LogP contribution in [0.4, 0.5) is 0 Å². The van der Waals surface area contributed by atoms with Gasteiger partial charge < -0.3 is 19.7 Å². The average molecular weight is 256 g/mol. The summed E-state index contributed by atoms with van der Waals surface area (Å²) in [6, 6.07) is -0.752. The van der Waals surface area contributed by atoms with Crippen molar-refractivity contribution in [2.45, 2.75) is 45.1 Å². The van der Waals surface area contributed by atoms with Gasteiger partial charge in [-0.2, -0.15) is 0 Å². The highest BCUT2D eigenvalue weighted by atomic mass is 16.4. The first-order valence-electron chi connectivity index (χ1n) is 6.80. The molecule has 2 aliphatic rings. The summed E-state index contributed by atoms with van der Waals surface area (Å²) < 4.78 is 1.32. The number of carboxylic acid groups (broad SMARTS) is 1. The van der Waals surface area contributed by atoms with E-state index in [2.05, 4.69) is 19.3 Å². The van der Waals surface area contributed by atoms with Crippen LogP contribution in [-0.2, 0) is 9.59 Å². The van der Waals surface area contributed by atoms with Gasteiger partial charge in [0.2, 0.25) is 5.91 Å². The number of quaternary nitrogens is 1. The predicted molar refractivity (Wildman–Crippen MR) is 66.5 cm³/mol. The van der Waals surface area contributed by atoms with Crippen molar-refractivity contribution in [1.29, 1.82) is 0 Å². The van der Waals surface area contributed by atoms with Gasteiger partial charge in [0.15, 0.2) is 0 Å². The van der Waals surface area contributed by atoms with Gasteiger partial charge in [-0.15, -0.1) is 0 Å². The second-order valence-corrected chi connectivity index (χ2v) is 5.42. The minimum atomic E-state index is -1.19. The zero-order valence-corrected chi connectivity index (χ0v) is 11.4. The molecule has 0 aliphatic carbocycles. The number of carbonyl (C=O) groups excluding carboxylic acids is 2. The molecule has 2 heterocycles. The molecule has 0 aromatic rings. The van der Waals surface area contributed by atoms with Crippen molar-refractivity contribution in [3.8, 4) is 0 Å². The lowest BCUT2D eigenvalue weighted by molar-refractivity contribution is -0.912. The first-order valence-corrected chi connectivity index (χ1v) is 6.80. The molecule has 1 N–H and O–H groups in total. The molecular weight excluding hydrogens is 232 g/mol. The number of amides is 1. The van der Waals surface area contributed by atoms with Crippen molar-refractivity contribution in [2.75, 3.05) is 26.7 Å². The third-order valence-electron chi connectivity index (χ3n) is 3.94. The molecule has 0 saturated carbocycles. The fourth-order valence-electron chi connectivity index (χ4n) is 2.38. The fraction of sp³-hybridized carbons (Fsp3) is 0.846. The Bertz CT molecular complexity index is 299. The highest BCUT2D eigenvalue weighted by Gasteiger charge is 2.21. The van der Waals surface area contributed by atoms with E-state index in [1.165, 1.54) is 43.4 Å². The molecule has 18 heavy (non-hydrogen) atoms. The maximum absolute atomic E-state index is 10.4. The zero-order chi connectivity index (χ0) is 13.6. The second kappa shape index (κ2) is 6.73. The van der Waals surface area contributed by atoms with Crippen molar-refractivity contribution in [3.63, 3.8) is 0 Å². The van der Waals surface area contributed by atoms with Gasteiger partial charge in [0.25, 0.3) is 0 Å². The number of carbonyl (C=O) groups is 2. The summed E-state index contributed by atoms with van der Waals surface area (Å²) in [6.45, 7) is 6.44. The quantitative estimate of drug-likeness (QED) is 0.687. The molecule has 0 unspecified atom stereocenters. The molecule has 0 bridgehead atoms. The van der Waals surface area contributed by atoms with Crippen LogP contribution in [0.25, 0.3) is 0 Å². The van der Waals surface area contributed by atoms with Gasteiger partial charge >= 0.3 is 0 Å². The molecule has 2 fully saturated rings. The van der Waals surface area contributed by atoms with Gasteiger partial charge in [-0.1, -0.05) is 0 Å². The van der Waals surface area contributed by atoms with Crippen molar-refractivity contribution in [1.82, 2.24) is 5.32 Å². The molecule has 2 aliphatic heterocycles. The normalized spacial score (nSPS) is 25.9. The van der Waals surface area contributed by atoms with Crippen LogP contribution in [-0.4, -0.2) is 49.1 Å². The van der Waals surface area contributed by atoms with Crippen LogP contribution >= 0.6 is 0 Å². The Balaban J connectivity index is 0.000000180. The van der Waals surface area contributed by atoms with E-state index in [1.807, 2.05) is 0 Å². The summed E-state index contributed by atoms with van der Waals surface area (Å²) in [5.74, 6) is -1.40. The summed E-state index contributed by atoms with van der Waals surface area (Å²) in [5, 5.41) is 12.3. The topological polar surface area (TPSA) is 69.2 Å². The highest BCUT2D eigenvalue weighted by molar-refractivity contribution is 5.86. The molecule has 104 valence electrons. The van der Waals surface area contributed by atoms with E-state index in [-0.39, 0.29) is 5.91 Å². The van der Waals surface area contributed by atoms with Crippen LogP contribution in [0.15, 0.2) is 0 Å². The molecule has 0 radical (unpaired) electrons. The summed E-state index contributed by atoms with van der Waals surface area (Å²) in [6.07, 6.45) is 5.03. The van der Waals surface area contributed by atoms with E-state index >= 15 is 0 Å². The van der Waals surface area contributed by atoms with Gasteiger partial charge in [0.1, 0.15) is 0 Å². The van der Waals surface area contributed by atoms with Crippen LogP contribution < -0.4 is 10.4 Å². The van der Waals surface area contributed by atoms with Crippen molar-refractivity contribution >= 4 is 11.9 Å². The Morgan fingerprint density at radius 1 is 1.39 bits per heavy atom. The minimum Gasteiger partial charge on any atom is -0.548 e. The summed E-state index contributed by atoms with van der Waals surface area (Å²) >= 11 is 0. The standard InChI is InChI=1S/C8H18N.C5H7NO3/c1-3-9(2)7-5-4-6-8-9;7-4-2-1-3(6-4)5(8)9/h3-8H2,1-2H3;3H,1-2H2,(H,6,7)(H,8,9)/q+1;/p-1/t;3-/m.0/s1. The van der Waals surface area contributed by atoms with Gasteiger partial charge in [-0.25, -0.2) is 0 Å². The lowest BCUT2D eigenvalue weighted by atomic mass is 10.1. The third-order valence-corrected chi connectivity index (χ3v) is 3.94. The van der Waals surface area contributed by atoms with Gasteiger partial charge in [-0.05, 0) is 32.6 Å². The largest absolute Gasteiger partial charge is 0.548 e. The van der Waals surface area contributed by atoms with Crippen LogP contribution in [0.1, 0.15) is 39.0 Å². The third kappa shape index (κ3) is 4.64. The Labute approximate surface area is 109 Å². The van der Waals surface area contributed by atoms with E-state index in [9.17, 15) is 14.7 Å². The smallest absolute Gasteiger partial charge is 0.220 e. The molecule has 2 saturated heterocycles. The molecule has 5 nitrogen and oxygen atoms in total. The highest BCUT2D eigenvalue weighted by Crippen LogP contribution is 2.14. The maximum Gasteiger partial charge on any atom is 0.220 e. The monoisotopic (exact) mass is 256 g/mol. The van der Waals surface area contributed by atoms with Crippen LogP contribution in [0, 0.1) is 0 Å². The van der Waals surface area contributed by atoms with Crippen LogP contribution in [0.2, 0.25) is 0 Å². The van der Waals surface area contributed by atoms with Gasteiger partial charge in [-0.3, -0.25) is 4.79 Å². The van der Waals surface area contributed by atoms with Crippen molar-refractivity contribution < 1.29 is 19.2 Å². The summed E-state index contributed by atoms with van der Waals surface area (Å²) in [5.41, 5.74) is 0. The molecule has 1 atom stereocenters. The van der Waals surface area contributed by atoms with Crippen LogP contribution in [0.3, 0.4) is 0 Å². The molecule has 0 aromatic carbocycles. The van der Waals surface area contributed by atoms with Crippen LogP contribution in [0.5, 0.6) is 0 Å². The van der Waals surface area contributed by atoms with Gasteiger partial charge in [0, 0.05) is 6.42 Å². The van der Waals surface area contributed by atoms with Crippen molar-refractivity contribution in [2.24, 2.45) is 0 Å². The van der Waals surface area contributed by atoms with E-state index in [0.29, 0.717) is 12.8 Å². The Morgan fingerprint density at radius 3 is 2.28 bits per heavy atom. The number of nitrogens with one attached hydrogen (secondary N) is 1. The first kappa shape index (κ1) is 15.0. The average Bonchev–Trinajstić information content (AvgIpc) is 2.78. The van der Waals surface area contributed by atoms with E-state index in [4.69, 9.17) is 0 Å². The predicted octanol–water partition coefficient (Wildman–Crippen LogP) is -0.348. The molecule has 0 spiro atoms. The van der Waals surface area contributed by atoms with Gasteiger partial charge in [0.05, 0.1) is 38.7 Å². The summed E-state index contributed by atoms with van der Waals surface area (Å²) in [4.78, 5) is 20.4. The number of aliphatic carboxylic acids is 1. The van der Waals surface area contributed by atoms with E-state index < -0.39 is 12.0 Å². The Hall–Kier alpha value is -1.10. The molecular formula is C13H24N2O3. The number of likely N-dealkylation sites (tertiary alicyclic amines) is 1. The molecule has 2 rings (SSSR count). The van der Waals surface area contributed by atoms with E-state index in [0.717, 1.165) is 0 Å². The Morgan fingerprint density at radius 2 is 2.00 bits per heavy atom. The number of carboxylic acids is 1. The number of hydrogen-bond acceptors (Lipinski definition) is 3.